The molecule has 2 amide bonds. The Labute approximate surface area is 95.8 Å². The maximum Gasteiger partial charge on any atom is 0.246 e. The maximum absolute atomic E-state index is 11.8. The predicted molar refractivity (Wildman–Crippen MR) is 59.9 cm³/mol. The number of likely N-dealkylation sites (tertiary alicyclic amines) is 1. The van der Waals surface area contributed by atoms with Crippen molar-refractivity contribution in [2.45, 2.75) is 25.8 Å². The Morgan fingerprint density at radius 2 is 1.94 bits per heavy atom. The van der Waals surface area contributed by atoms with Gasteiger partial charge >= 0.3 is 0 Å². The second-order valence-electron chi connectivity index (χ2n) is 4.53. The predicted octanol–water partition coefficient (Wildman–Crippen LogP) is -0.571. The third-order valence-corrected chi connectivity index (χ3v) is 3.34. The largest absolute Gasteiger partial charge is 0.302 e. The summed E-state index contributed by atoms with van der Waals surface area (Å²) in [4.78, 5) is 27.1. The van der Waals surface area contributed by atoms with Crippen LogP contribution in [0.1, 0.15) is 19.8 Å². The molecule has 2 saturated heterocycles. The van der Waals surface area contributed by atoms with Crippen molar-refractivity contribution in [1.29, 1.82) is 0 Å². The highest BCUT2D eigenvalue weighted by molar-refractivity contribution is 6.00. The van der Waals surface area contributed by atoms with Crippen molar-refractivity contribution in [2.24, 2.45) is 0 Å². The van der Waals surface area contributed by atoms with Gasteiger partial charge in [0.2, 0.25) is 11.8 Å². The molecular formula is C11H19N3O2. The molecule has 0 aliphatic carbocycles. The standard InChI is InChI=1S/C11H19N3O2/c1-9-11(16)14(10(15)8-12-9)7-6-13-4-2-3-5-13/h9,12H,2-8H2,1H3. The molecule has 0 saturated carbocycles. The van der Waals surface area contributed by atoms with Gasteiger partial charge in [-0.2, -0.15) is 0 Å². The average molecular weight is 225 g/mol. The molecule has 0 bridgehead atoms. The van der Waals surface area contributed by atoms with E-state index in [1.54, 1.807) is 6.92 Å². The van der Waals surface area contributed by atoms with Crippen molar-refractivity contribution in [1.82, 2.24) is 15.1 Å². The van der Waals surface area contributed by atoms with Gasteiger partial charge in [-0.25, -0.2) is 0 Å². The minimum atomic E-state index is -0.226. The first-order chi connectivity index (χ1) is 7.68. The lowest BCUT2D eigenvalue weighted by Crippen LogP contribution is -2.58. The number of carbonyl (C=O) groups is 2. The molecule has 2 aliphatic rings. The summed E-state index contributed by atoms with van der Waals surface area (Å²) in [6, 6.07) is -0.226. The monoisotopic (exact) mass is 225 g/mol. The van der Waals surface area contributed by atoms with Crippen molar-refractivity contribution >= 4 is 11.8 Å². The molecule has 2 rings (SSSR count). The maximum atomic E-state index is 11.8. The van der Waals surface area contributed by atoms with Crippen molar-refractivity contribution in [3.8, 4) is 0 Å². The van der Waals surface area contributed by atoms with E-state index in [0.717, 1.165) is 19.6 Å². The van der Waals surface area contributed by atoms with Crippen LogP contribution in [-0.2, 0) is 9.59 Å². The number of hydrogen-bond acceptors (Lipinski definition) is 4. The number of imide groups is 1. The molecule has 0 aromatic heterocycles. The number of piperazine rings is 1. The number of amides is 2. The van der Waals surface area contributed by atoms with Gasteiger partial charge in [-0.05, 0) is 32.9 Å². The second-order valence-corrected chi connectivity index (χ2v) is 4.53. The van der Waals surface area contributed by atoms with Crippen LogP contribution in [0, 0.1) is 0 Å². The lowest BCUT2D eigenvalue weighted by Gasteiger charge is -2.30. The Morgan fingerprint density at radius 1 is 1.25 bits per heavy atom. The number of nitrogens with zero attached hydrogens (tertiary/aromatic N) is 2. The lowest BCUT2D eigenvalue weighted by atomic mass is 10.2. The quantitative estimate of drug-likeness (QED) is 0.654. The zero-order valence-electron chi connectivity index (χ0n) is 9.74. The van der Waals surface area contributed by atoms with E-state index in [-0.39, 0.29) is 24.4 Å². The number of hydrogen-bond donors (Lipinski definition) is 1. The van der Waals surface area contributed by atoms with Gasteiger partial charge < -0.3 is 4.90 Å². The molecule has 1 unspecified atom stereocenters. The summed E-state index contributed by atoms with van der Waals surface area (Å²) in [5, 5.41) is 2.89. The lowest BCUT2D eigenvalue weighted by molar-refractivity contribution is -0.149. The van der Waals surface area contributed by atoms with Crippen LogP contribution in [-0.4, -0.2) is 60.4 Å². The van der Waals surface area contributed by atoms with Crippen LogP contribution >= 0.6 is 0 Å². The van der Waals surface area contributed by atoms with Gasteiger partial charge in [-0.1, -0.05) is 0 Å². The Hall–Kier alpha value is -0.940. The molecule has 1 N–H and O–H groups in total. The molecule has 0 aromatic carbocycles. The first-order valence-electron chi connectivity index (χ1n) is 5.98. The van der Waals surface area contributed by atoms with Gasteiger partial charge in [0, 0.05) is 13.1 Å². The summed E-state index contributed by atoms with van der Waals surface area (Å²) in [6.07, 6.45) is 2.47. The summed E-state index contributed by atoms with van der Waals surface area (Å²) < 4.78 is 0. The molecule has 2 fully saturated rings. The van der Waals surface area contributed by atoms with Gasteiger partial charge in [0.15, 0.2) is 0 Å². The highest BCUT2D eigenvalue weighted by Gasteiger charge is 2.31. The highest BCUT2D eigenvalue weighted by atomic mass is 16.2. The SMILES string of the molecule is CC1NCC(=O)N(CCN2CCCC2)C1=O. The van der Waals surface area contributed by atoms with Crippen LogP contribution < -0.4 is 5.32 Å². The highest BCUT2D eigenvalue weighted by Crippen LogP contribution is 2.08. The fourth-order valence-electron chi connectivity index (χ4n) is 2.26. The summed E-state index contributed by atoms with van der Waals surface area (Å²) in [5.41, 5.74) is 0. The van der Waals surface area contributed by atoms with Crippen LogP contribution in [0.3, 0.4) is 0 Å². The Bertz CT molecular complexity index is 287. The molecule has 16 heavy (non-hydrogen) atoms. The second kappa shape index (κ2) is 4.93. The van der Waals surface area contributed by atoms with E-state index >= 15 is 0 Å². The molecular weight excluding hydrogens is 206 g/mol. The van der Waals surface area contributed by atoms with E-state index < -0.39 is 0 Å². The van der Waals surface area contributed by atoms with Crippen molar-refractivity contribution < 1.29 is 9.59 Å². The zero-order chi connectivity index (χ0) is 11.5. The smallest absolute Gasteiger partial charge is 0.246 e. The Morgan fingerprint density at radius 3 is 2.62 bits per heavy atom. The van der Waals surface area contributed by atoms with Gasteiger partial charge in [0.05, 0.1) is 12.6 Å². The van der Waals surface area contributed by atoms with E-state index in [1.165, 1.54) is 17.7 Å². The zero-order valence-corrected chi connectivity index (χ0v) is 9.74. The summed E-state index contributed by atoms with van der Waals surface area (Å²) in [6.45, 7) is 5.66. The Kier molecular flexibility index (Phi) is 3.56. The van der Waals surface area contributed by atoms with E-state index in [0.29, 0.717) is 6.54 Å². The fourth-order valence-corrected chi connectivity index (χ4v) is 2.26. The summed E-state index contributed by atoms with van der Waals surface area (Å²) in [5.74, 6) is -0.183. The molecule has 2 aliphatic heterocycles. The van der Waals surface area contributed by atoms with Crippen molar-refractivity contribution in [2.75, 3.05) is 32.7 Å². The van der Waals surface area contributed by atoms with Gasteiger partial charge in [0.1, 0.15) is 0 Å². The molecule has 0 spiro atoms. The summed E-state index contributed by atoms with van der Waals surface area (Å²) in [7, 11) is 0. The number of nitrogens with one attached hydrogen (secondary N) is 1. The van der Waals surface area contributed by atoms with Gasteiger partial charge in [-0.3, -0.25) is 19.8 Å². The summed E-state index contributed by atoms with van der Waals surface area (Å²) >= 11 is 0. The first kappa shape index (κ1) is 11.5. The molecule has 90 valence electrons. The number of carbonyl (C=O) groups excluding carboxylic acids is 2. The van der Waals surface area contributed by atoms with E-state index in [1.807, 2.05) is 0 Å². The fraction of sp³-hybridized carbons (Fsp3) is 0.818. The minimum Gasteiger partial charge on any atom is -0.302 e. The molecule has 1 atom stereocenters. The van der Waals surface area contributed by atoms with Gasteiger partial charge in [-0.15, -0.1) is 0 Å². The molecule has 0 radical (unpaired) electrons. The van der Waals surface area contributed by atoms with E-state index in [9.17, 15) is 9.59 Å². The van der Waals surface area contributed by atoms with E-state index in [2.05, 4.69) is 10.2 Å². The third kappa shape index (κ3) is 2.41. The van der Waals surface area contributed by atoms with Crippen molar-refractivity contribution in [3.05, 3.63) is 0 Å². The molecule has 0 aromatic rings. The molecule has 2 heterocycles. The average Bonchev–Trinajstić information content (AvgIpc) is 2.77. The molecule has 5 nitrogen and oxygen atoms in total. The molecule has 5 heteroatoms. The van der Waals surface area contributed by atoms with E-state index in [4.69, 9.17) is 0 Å². The first-order valence-corrected chi connectivity index (χ1v) is 5.98. The Balaban J connectivity index is 1.86. The van der Waals surface area contributed by atoms with Crippen LogP contribution in [0.4, 0.5) is 0 Å². The van der Waals surface area contributed by atoms with Gasteiger partial charge in [0.25, 0.3) is 0 Å². The van der Waals surface area contributed by atoms with Crippen LogP contribution in [0.15, 0.2) is 0 Å². The topological polar surface area (TPSA) is 52.7 Å². The van der Waals surface area contributed by atoms with Crippen LogP contribution in [0.25, 0.3) is 0 Å². The number of rotatable bonds is 3. The normalized spacial score (nSPS) is 27.8. The third-order valence-electron chi connectivity index (χ3n) is 3.34. The van der Waals surface area contributed by atoms with Crippen LogP contribution in [0.5, 0.6) is 0 Å². The minimum absolute atomic E-state index is 0.0875. The van der Waals surface area contributed by atoms with Crippen molar-refractivity contribution in [3.63, 3.8) is 0 Å². The van der Waals surface area contributed by atoms with Crippen LogP contribution in [0.2, 0.25) is 0 Å².